The highest BCUT2D eigenvalue weighted by atomic mass is 19.4. The van der Waals surface area contributed by atoms with Gasteiger partial charge in [-0.3, -0.25) is 4.98 Å². The van der Waals surface area contributed by atoms with Gasteiger partial charge in [0, 0.05) is 56.6 Å². The van der Waals surface area contributed by atoms with Crippen molar-refractivity contribution in [2.24, 2.45) is 4.99 Å². The molecule has 9 heteroatoms. The number of likely N-dealkylation sites (tertiary alicyclic amines) is 1. The van der Waals surface area contributed by atoms with Gasteiger partial charge in [-0.2, -0.15) is 13.2 Å². The molecule has 2 saturated heterocycles. The Balaban J connectivity index is 1.33. The molecule has 3 aromatic rings. The van der Waals surface area contributed by atoms with Crippen LogP contribution < -0.4 is 10.2 Å². The molecule has 0 saturated carbocycles. The van der Waals surface area contributed by atoms with Gasteiger partial charge in [-0.1, -0.05) is 18.2 Å². The summed E-state index contributed by atoms with van der Waals surface area (Å²) in [6.07, 6.45) is -0.496. The highest BCUT2D eigenvalue weighted by Crippen LogP contribution is 2.38. The first-order valence-corrected chi connectivity index (χ1v) is 14.2. The number of benzene rings is 2. The predicted octanol–water partition coefficient (Wildman–Crippen LogP) is 7.42. The first kappa shape index (κ1) is 28.9. The van der Waals surface area contributed by atoms with E-state index in [0.29, 0.717) is 30.4 Å². The zero-order valence-electron chi connectivity index (χ0n) is 23.8. The second-order valence-corrected chi connectivity index (χ2v) is 11.3. The Morgan fingerprint density at radius 1 is 0.927 bits per heavy atom. The summed E-state index contributed by atoms with van der Waals surface area (Å²) < 4.78 is 55.5. The lowest BCUT2D eigenvalue weighted by atomic mass is 9.87. The van der Waals surface area contributed by atoms with Gasteiger partial charge in [0.05, 0.1) is 17.3 Å². The molecule has 41 heavy (non-hydrogen) atoms. The molecular formula is C32H37F4N5. The molecule has 1 N–H and O–H groups in total. The molecule has 0 amide bonds. The largest absolute Gasteiger partial charge is 0.416 e. The third-order valence-electron chi connectivity index (χ3n) is 8.10. The van der Waals surface area contributed by atoms with Crippen molar-refractivity contribution in [3.05, 3.63) is 88.7 Å². The minimum absolute atomic E-state index is 0.0473. The van der Waals surface area contributed by atoms with Crippen LogP contribution in [-0.2, 0) is 11.8 Å². The van der Waals surface area contributed by atoms with Crippen LogP contribution in [0.1, 0.15) is 53.6 Å². The molecule has 2 aromatic carbocycles. The summed E-state index contributed by atoms with van der Waals surface area (Å²) in [7, 11) is 0. The van der Waals surface area contributed by atoms with E-state index in [1.54, 1.807) is 6.20 Å². The number of nitrogens with one attached hydrogen (secondary N) is 1. The summed E-state index contributed by atoms with van der Waals surface area (Å²) in [5, 5.41) is 3.27. The number of nitrogens with zero attached hydrogens (tertiary/aromatic N) is 4. The van der Waals surface area contributed by atoms with Gasteiger partial charge in [0.15, 0.2) is 11.6 Å². The summed E-state index contributed by atoms with van der Waals surface area (Å²) in [5.74, 6) is 0.578. The average molecular weight is 568 g/mol. The fourth-order valence-corrected chi connectivity index (χ4v) is 5.81. The fraction of sp³-hybridized carbons (Fsp3) is 0.438. The number of aryl methyl sites for hydroxylation is 3. The van der Waals surface area contributed by atoms with Crippen LogP contribution in [0.3, 0.4) is 0 Å². The molecule has 5 rings (SSSR count). The minimum atomic E-state index is -4.40. The van der Waals surface area contributed by atoms with Crippen LogP contribution in [0.4, 0.5) is 28.9 Å². The Morgan fingerprint density at radius 2 is 1.61 bits per heavy atom. The molecule has 2 fully saturated rings. The maximum absolute atomic E-state index is 16.1. The fourth-order valence-electron chi connectivity index (χ4n) is 5.81. The summed E-state index contributed by atoms with van der Waals surface area (Å²) in [5.41, 5.74) is 3.02. The lowest BCUT2D eigenvalue weighted by Gasteiger charge is -2.39. The van der Waals surface area contributed by atoms with Crippen LogP contribution in [0.5, 0.6) is 0 Å². The molecule has 0 spiro atoms. The van der Waals surface area contributed by atoms with Crippen molar-refractivity contribution in [3.8, 4) is 0 Å². The number of hydrogen-bond donors (Lipinski definition) is 1. The number of aliphatic imine (C=N–C) groups is 1. The normalized spacial score (nSPS) is 18.5. The Morgan fingerprint density at radius 3 is 2.22 bits per heavy atom. The topological polar surface area (TPSA) is 43.8 Å². The Kier molecular flexibility index (Phi) is 8.25. The summed E-state index contributed by atoms with van der Waals surface area (Å²) in [6, 6.07) is 15.4. The number of piperidine rings is 2. The van der Waals surface area contributed by atoms with E-state index in [0.717, 1.165) is 49.2 Å². The van der Waals surface area contributed by atoms with Crippen molar-refractivity contribution >= 4 is 17.3 Å². The molecule has 5 nitrogen and oxygen atoms in total. The lowest BCUT2D eigenvalue weighted by Crippen LogP contribution is -2.47. The smallest absolute Gasteiger partial charge is 0.371 e. The van der Waals surface area contributed by atoms with Crippen molar-refractivity contribution < 1.29 is 17.6 Å². The maximum atomic E-state index is 16.1. The minimum Gasteiger partial charge on any atom is -0.371 e. The van der Waals surface area contributed by atoms with Gasteiger partial charge in [-0.25, -0.2) is 9.38 Å². The number of guanidine groups is 1. The van der Waals surface area contributed by atoms with Gasteiger partial charge in [-0.05, 0) is 86.7 Å². The average Bonchev–Trinajstić information content (AvgIpc) is 2.93. The van der Waals surface area contributed by atoms with Crippen molar-refractivity contribution in [1.29, 1.82) is 0 Å². The summed E-state index contributed by atoms with van der Waals surface area (Å²) >= 11 is 0. The molecule has 0 atom stereocenters. The third kappa shape index (κ3) is 6.82. The molecular weight excluding hydrogens is 530 g/mol. The van der Waals surface area contributed by atoms with Gasteiger partial charge in [0.1, 0.15) is 0 Å². The van der Waals surface area contributed by atoms with E-state index >= 15 is 4.39 Å². The van der Waals surface area contributed by atoms with Gasteiger partial charge in [-0.15, -0.1) is 0 Å². The van der Waals surface area contributed by atoms with Crippen LogP contribution in [0.15, 0.2) is 65.8 Å². The van der Waals surface area contributed by atoms with E-state index in [4.69, 9.17) is 4.99 Å². The SMILES string of the molecule is Cc1cccc(N2CCC(N=C(Nc3ccc(C(F)(F)F)cc3)N3CCC(F)(c4ncc(C)cc4C)CC3)CC2)c1. The molecule has 2 aliphatic rings. The van der Waals surface area contributed by atoms with Crippen molar-refractivity contribution in [2.75, 3.05) is 36.4 Å². The van der Waals surface area contributed by atoms with Gasteiger partial charge in [0.2, 0.25) is 0 Å². The summed E-state index contributed by atoms with van der Waals surface area (Å²) in [4.78, 5) is 13.9. The second kappa shape index (κ2) is 11.7. The number of pyridine rings is 1. The standard InChI is InChI=1S/C32H37F4N5/c1-22-5-4-6-28(20-22)40-15-11-27(12-16-40)39-30(38-26-9-7-25(8-10-26)32(34,35)36)41-17-13-31(33,14-18-41)29-24(3)19-23(2)21-37-29/h4-10,19-21,27H,11-18H2,1-3H3,(H,38,39). The van der Waals surface area contributed by atoms with E-state index in [-0.39, 0.29) is 18.9 Å². The van der Waals surface area contributed by atoms with Gasteiger partial charge >= 0.3 is 6.18 Å². The number of aromatic nitrogens is 1. The van der Waals surface area contributed by atoms with Crippen LogP contribution in [-0.4, -0.2) is 48.1 Å². The molecule has 1 aromatic heterocycles. The van der Waals surface area contributed by atoms with Crippen LogP contribution >= 0.6 is 0 Å². The molecule has 0 unspecified atom stereocenters. The molecule has 218 valence electrons. The zero-order valence-corrected chi connectivity index (χ0v) is 23.8. The number of halogens is 4. The van der Waals surface area contributed by atoms with Gasteiger partial charge in [0.25, 0.3) is 0 Å². The first-order valence-electron chi connectivity index (χ1n) is 14.2. The number of rotatable bonds is 4. The molecule has 0 radical (unpaired) electrons. The van der Waals surface area contributed by atoms with E-state index in [1.807, 2.05) is 24.8 Å². The number of anilines is 2. The molecule has 0 aliphatic carbocycles. The Labute approximate surface area is 239 Å². The monoisotopic (exact) mass is 567 g/mol. The van der Waals surface area contributed by atoms with Crippen LogP contribution in [0, 0.1) is 20.8 Å². The van der Waals surface area contributed by atoms with E-state index in [9.17, 15) is 13.2 Å². The first-order chi connectivity index (χ1) is 19.5. The van der Waals surface area contributed by atoms with E-state index < -0.39 is 17.4 Å². The highest BCUT2D eigenvalue weighted by Gasteiger charge is 2.40. The zero-order chi connectivity index (χ0) is 29.2. The molecule has 2 aliphatic heterocycles. The second-order valence-electron chi connectivity index (χ2n) is 11.3. The number of hydrogen-bond acceptors (Lipinski definition) is 3. The highest BCUT2D eigenvalue weighted by molar-refractivity contribution is 5.94. The van der Waals surface area contributed by atoms with Crippen molar-refractivity contribution in [2.45, 2.75) is 64.3 Å². The third-order valence-corrected chi connectivity index (χ3v) is 8.10. The Hall–Kier alpha value is -3.62. The van der Waals surface area contributed by atoms with E-state index in [2.05, 4.69) is 46.4 Å². The van der Waals surface area contributed by atoms with Crippen molar-refractivity contribution in [3.63, 3.8) is 0 Å². The quantitative estimate of drug-likeness (QED) is 0.202. The molecule has 0 bridgehead atoms. The van der Waals surface area contributed by atoms with Crippen LogP contribution in [0.25, 0.3) is 0 Å². The maximum Gasteiger partial charge on any atom is 0.416 e. The van der Waals surface area contributed by atoms with Crippen LogP contribution in [0.2, 0.25) is 0 Å². The van der Waals surface area contributed by atoms with Gasteiger partial charge < -0.3 is 15.1 Å². The summed E-state index contributed by atoms with van der Waals surface area (Å²) in [6.45, 7) is 8.47. The number of alkyl halides is 4. The predicted molar refractivity (Wildman–Crippen MR) is 156 cm³/mol. The van der Waals surface area contributed by atoms with E-state index in [1.165, 1.54) is 23.4 Å². The van der Waals surface area contributed by atoms with Crippen molar-refractivity contribution in [1.82, 2.24) is 9.88 Å². The molecule has 3 heterocycles. The lowest BCUT2D eigenvalue weighted by molar-refractivity contribution is -0.137. The Bertz CT molecular complexity index is 1370.